The Labute approximate surface area is 113 Å². The smallest absolute Gasteiger partial charge is 0.322 e. The molecule has 0 bridgehead atoms. The first-order valence-corrected chi connectivity index (χ1v) is 6.49. The number of methoxy groups -OCH3 is 1. The molecule has 1 fully saturated rings. The molecule has 2 amide bonds. The fourth-order valence-electron chi connectivity index (χ4n) is 2.37. The highest BCUT2D eigenvalue weighted by Crippen LogP contribution is 2.28. The minimum atomic E-state index is -0.702. The lowest BCUT2D eigenvalue weighted by atomic mass is 9.90. The summed E-state index contributed by atoms with van der Waals surface area (Å²) >= 11 is 0. The van der Waals surface area contributed by atoms with Crippen molar-refractivity contribution in [2.75, 3.05) is 25.5 Å². The van der Waals surface area contributed by atoms with Crippen LogP contribution in [-0.4, -0.2) is 41.8 Å². The summed E-state index contributed by atoms with van der Waals surface area (Å²) in [5, 5.41) is 12.8. The highest BCUT2D eigenvalue weighted by atomic mass is 16.5. The standard InChI is InChI=1S/C14H20N2O3/c1-3-8-14(18)9-16(10-14)13(17)15-11-6-4-5-7-12(11)19-2/h4-7,18H,3,8-10H2,1-2H3,(H,15,17). The SMILES string of the molecule is CCCC1(O)CN(C(=O)Nc2ccccc2OC)C1. The van der Waals surface area contributed by atoms with Crippen molar-refractivity contribution in [1.29, 1.82) is 0 Å². The third-order valence-electron chi connectivity index (χ3n) is 3.32. The number of β-amino-alcohol motifs (C(OH)–C–C–N with tert-alkyl or cyclic N) is 1. The maximum Gasteiger partial charge on any atom is 0.322 e. The van der Waals surface area contributed by atoms with Gasteiger partial charge in [-0.1, -0.05) is 25.5 Å². The van der Waals surface area contributed by atoms with E-state index in [4.69, 9.17) is 4.74 Å². The number of ether oxygens (including phenoxy) is 1. The zero-order chi connectivity index (χ0) is 13.9. The average Bonchev–Trinajstić information content (AvgIpc) is 2.36. The molecule has 0 radical (unpaired) electrons. The number of nitrogens with one attached hydrogen (secondary N) is 1. The Balaban J connectivity index is 1.93. The van der Waals surface area contributed by atoms with Gasteiger partial charge in [0.25, 0.3) is 0 Å². The number of nitrogens with zero attached hydrogens (tertiary/aromatic N) is 1. The van der Waals surface area contributed by atoms with Gasteiger partial charge in [-0.25, -0.2) is 4.79 Å². The van der Waals surface area contributed by atoms with E-state index in [1.165, 1.54) is 0 Å². The number of amides is 2. The van der Waals surface area contributed by atoms with Crippen LogP contribution in [0.25, 0.3) is 0 Å². The number of para-hydroxylation sites is 2. The summed E-state index contributed by atoms with van der Waals surface area (Å²) in [4.78, 5) is 13.6. The van der Waals surface area contributed by atoms with Crippen LogP contribution in [0.2, 0.25) is 0 Å². The molecule has 5 nitrogen and oxygen atoms in total. The van der Waals surface area contributed by atoms with Crippen molar-refractivity contribution in [3.05, 3.63) is 24.3 Å². The van der Waals surface area contributed by atoms with Crippen molar-refractivity contribution < 1.29 is 14.6 Å². The molecule has 0 aliphatic carbocycles. The molecule has 0 spiro atoms. The lowest BCUT2D eigenvalue weighted by Crippen LogP contribution is -2.64. The van der Waals surface area contributed by atoms with Crippen LogP contribution in [0.3, 0.4) is 0 Å². The van der Waals surface area contributed by atoms with Gasteiger partial charge in [0.15, 0.2) is 0 Å². The Morgan fingerprint density at radius 3 is 2.79 bits per heavy atom. The molecule has 1 saturated heterocycles. The summed E-state index contributed by atoms with van der Waals surface area (Å²) in [6.45, 7) is 2.80. The number of likely N-dealkylation sites (tertiary alicyclic amines) is 1. The summed E-state index contributed by atoms with van der Waals surface area (Å²) in [6, 6.07) is 7.05. The molecule has 104 valence electrons. The topological polar surface area (TPSA) is 61.8 Å². The van der Waals surface area contributed by atoms with Gasteiger partial charge in [-0.05, 0) is 18.6 Å². The molecule has 1 heterocycles. The quantitative estimate of drug-likeness (QED) is 0.875. The van der Waals surface area contributed by atoms with E-state index < -0.39 is 5.60 Å². The normalized spacial score (nSPS) is 16.7. The van der Waals surface area contributed by atoms with Crippen molar-refractivity contribution in [1.82, 2.24) is 4.90 Å². The van der Waals surface area contributed by atoms with Crippen LogP contribution >= 0.6 is 0 Å². The number of carbonyl (C=O) groups is 1. The van der Waals surface area contributed by atoms with Gasteiger partial charge in [0.05, 0.1) is 31.5 Å². The molecule has 1 aliphatic rings. The van der Waals surface area contributed by atoms with Crippen molar-refractivity contribution in [2.24, 2.45) is 0 Å². The second-order valence-electron chi connectivity index (χ2n) is 4.96. The third-order valence-corrected chi connectivity index (χ3v) is 3.32. The molecular weight excluding hydrogens is 244 g/mol. The lowest BCUT2D eigenvalue weighted by molar-refractivity contribution is -0.0792. The van der Waals surface area contributed by atoms with Crippen LogP contribution in [0.15, 0.2) is 24.3 Å². The van der Waals surface area contributed by atoms with Gasteiger partial charge in [-0.2, -0.15) is 0 Å². The molecule has 0 atom stereocenters. The molecule has 2 N–H and O–H groups in total. The van der Waals surface area contributed by atoms with E-state index in [9.17, 15) is 9.90 Å². The molecule has 1 aromatic rings. The van der Waals surface area contributed by atoms with Crippen molar-refractivity contribution in [3.63, 3.8) is 0 Å². The largest absolute Gasteiger partial charge is 0.495 e. The van der Waals surface area contributed by atoms with Crippen LogP contribution in [-0.2, 0) is 0 Å². The maximum atomic E-state index is 12.0. The maximum absolute atomic E-state index is 12.0. The number of urea groups is 1. The zero-order valence-electron chi connectivity index (χ0n) is 11.3. The van der Waals surface area contributed by atoms with Crippen molar-refractivity contribution >= 4 is 11.7 Å². The van der Waals surface area contributed by atoms with E-state index in [0.29, 0.717) is 24.5 Å². The second kappa shape index (κ2) is 5.48. The molecule has 1 aliphatic heterocycles. The lowest BCUT2D eigenvalue weighted by Gasteiger charge is -2.46. The van der Waals surface area contributed by atoms with Gasteiger partial charge in [0, 0.05) is 0 Å². The Hall–Kier alpha value is -1.75. The predicted octanol–water partition coefficient (Wildman–Crippen LogP) is 2.07. The fourth-order valence-corrected chi connectivity index (χ4v) is 2.37. The minimum Gasteiger partial charge on any atom is -0.495 e. The number of benzene rings is 1. The molecule has 5 heteroatoms. The van der Waals surface area contributed by atoms with Gasteiger partial charge in [0.2, 0.25) is 0 Å². The molecule has 19 heavy (non-hydrogen) atoms. The van der Waals surface area contributed by atoms with Crippen LogP contribution in [0, 0.1) is 0 Å². The van der Waals surface area contributed by atoms with Gasteiger partial charge in [-0.3, -0.25) is 0 Å². The molecular formula is C14H20N2O3. The first kappa shape index (κ1) is 13.7. The van der Waals surface area contributed by atoms with Crippen LogP contribution in [0.4, 0.5) is 10.5 Å². The summed E-state index contributed by atoms with van der Waals surface area (Å²) < 4.78 is 5.17. The van der Waals surface area contributed by atoms with E-state index in [-0.39, 0.29) is 6.03 Å². The average molecular weight is 264 g/mol. The first-order chi connectivity index (χ1) is 9.08. The van der Waals surface area contributed by atoms with Crippen LogP contribution < -0.4 is 10.1 Å². The van der Waals surface area contributed by atoms with Gasteiger partial charge >= 0.3 is 6.03 Å². The number of anilines is 1. The highest BCUT2D eigenvalue weighted by molar-refractivity contribution is 5.91. The van der Waals surface area contributed by atoms with Crippen LogP contribution in [0.1, 0.15) is 19.8 Å². The Morgan fingerprint density at radius 2 is 2.16 bits per heavy atom. The first-order valence-electron chi connectivity index (χ1n) is 6.49. The molecule has 0 aromatic heterocycles. The second-order valence-corrected chi connectivity index (χ2v) is 4.96. The number of rotatable bonds is 4. The van der Waals surface area contributed by atoms with E-state index in [2.05, 4.69) is 5.32 Å². The number of hydrogen-bond donors (Lipinski definition) is 2. The third kappa shape index (κ3) is 2.98. The Bertz CT molecular complexity index is 456. The number of carbonyl (C=O) groups excluding carboxylic acids is 1. The summed E-state index contributed by atoms with van der Waals surface area (Å²) in [6.07, 6.45) is 1.64. The fraction of sp³-hybridized carbons (Fsp3) is 0.500. The van der Waals surface area contributed by atoms with Crippen molar-refractivity contribution in [3.8, 4) is 5.75 Å². The summed E-state index contributed by atoms with van der Waals surface area (Å²) in [7, 11) is 1.56. The summed E-state index contributed by atoms with van der Waals surface area (Å²) in [5.41, 5.74) is -0.0618. The Morgan fingerprint density at radius 1 is 1.47 bits per heavy atom. The molecule has 2 rings (SSSR count). The predicted molar refractivity (Wildman–Crippen MR) is 73.4 cm³/mol. The monoisotopic (exact) mass is 264 g/mol. The van der Waals surface area contributed by atoms with E-state index >= 15 is 0 Å². The molecule has 0 unspecified atom stereocenters. The highest BCUT2D eigenvalue weighted by Gasteiger charge is 2.42. The molecule has 0 saturated carbocycles. The van der Waals surface area contributed by atoms with Gasteiger partial charge < -0.3 is 20.1 Å². The van der Waals surface area contributed by atoms with E-state index in [1.54, 1.807) is 24.1 Å². The minimum absolute atomic E-state index is 0.203. The Kier molecular flexibility index (Phi) is 3.95. The van der Waals surface area contributed by atoms with Crippen LogP contribution in [0.5, 0.6) is 5.75 Å². The number of aliphatic hydroxyl groups is 1. The van der Waals surface area contributed by atoms with Crippen molar-refractivity contribution in [2.45, 2.75) is 25.4 Å². The van der Waals surface area contributed by atoms with Gasteiger partial charge in [-0.15, -0.1) is 0 Å². The van der Waals surface area contributed by atoms with E-state index in [1.807, 2.05) is 19.1 Å². The van der Waals surface area contributed by atoms with Gasteiger partial charge in [0.1, 0.15) is 5.75 Å². The molecule has 1 aromatic carbocycles. The van der Waals surface area contributed by atoms with E-state index in [0.717, 1.165) is 12.8 Å². The zero-order valence-corrected chi connectivity index (χ0v) is 11.3. The summed E-state index contributed by atoms with van der Waals surface area (Å²) in [5.74, 6) is 0.625. The number of hydrogen-bond acceptors (Lipinski definition) is 3.